The number of sulfonamides is 1. The van der Waals surface area contributed by atoms with Crippen LogP contribution in [0.2, 0.25) is 0 Å². The molecule has 0 aliphatic heterocycles. The summed E-state index contributed by atoms with van der Waals surface area (Å²) >= 11 is 0. The molecule has 0 spiro atoms. The Bertz CT molecular complexity index is 473. The van der Waals surface area contributed by atoms with E-state index in [4.69, 9.17) is 10.9 Å². The maximum absolute atomic E-state index is 12.2. The van der Waals surface area contributed by atoms with Gasteiger partial charge in [0.25, 0.3) is 0 Å². The average molecular weight is 275 g/mol. The number of nitrogen functional groups attached to an aromatic ring is 1. The van der Waals surface area contributed by atoms with Gasteiger partial charge in [0.2, 0.25) is 16.0 Å². The van der Waals surface area contributed by atoms with E-state index in [0.717, 1.165) is 0 Å². The van der Waals surface area contributed by atoms with Gasteiger partial charge < -0.3 is 5.11 Å². The molecule has 0 unspecified atom stereocenters. The van der Waals surface area contributed by atoms with Crippen molar-refractivity contribution in [2.75, 3.05) is 18.6 Å². The van der Waals surface area contributed by atoms with Crippen LogP contribution in [-0.2, 0) is 10.0 Å². The van der Waals surface area contributed by atoms with Crippen LogP contribution in [0.5, 0.6) is 0 Å². The van der Waals surface area contributed by atoms with Crippen molar-refractivity contribution in [1.82, 2.24) is 14.3 Å². The van der Waals surface area contributed by atoms with Crippen molar-refractivity contribution in [3.05, 3.63) is 12.4 Å². The summed E-state index contributed by atoms with van der Waals surface area (Å²) in [4.78, 5) is 7.46. The summed E-state index contributed by atoms with van der Waals surface area (Å²) in [6.45, 7) is 3.23. The number of hydrazine groups is 1. The number of hydrogen-bond acceptors (Lipinski definition) is 7. The Morgan fingerprint density at radius 1 is 1.44 bits per heavy atom. The van der Waals surface area contributed by atoms with Gasteiger partial charge in [-0.1, -0.05) is 0 Å². The Morgan fingerprint density at radius 3 is 2.39 bits per heavy atom. The molecule has 0 bridgehead atoms. The minimum absolute atomic E-state index is 0.0247. The molecule has 0 aromatic carbocycles. The van der Waals surface area contributed by atoms with Gasteiger partial charge in [0.1, 0.15) is 4.90 Å². The van der Waals surface area contributed by atoms with Crippen LogP contribution < -0.4 is 11.3 Å². The molecular weight excluding hydrogens is 258 g/mol. The van der Waals surface area contributed by atoms with E-state index in [1.54, 1.807) is 13.8 Å². The van der Waals surface area contributed by atoms with Crippen LogP contribution in [0.4, 0.5) is 5.95 Å². The van der Waals surface area contributed by atoms with Crippen LogP contribution in [0.1, 0.15) is 13.8 Å². The van der Waals surface area contributed by atoms with E-state index in [1.807, 2.05) is 0 Å². The summed E-state index contributed by atoms with van der Waals surface area (Å²) in [5.41, 5.74) is 2.21. The second kappa shape index (κ2) is 6.05. The van der Waals surface area contributed by atoms with Gasteiger partial charge >= 0.3 is 0 Å². The standard InChI is InChI=1S/C9H17N5O3S/c1-7(2)14(3-4-15)18(16,17)8-5-11-9(13-10)12-6-8/h5-7,15H,3-4,10H2,1-2H3,(H,11,12,13). The van der Waals surface area contributed by atoms with Crippen molar-refractivity contribution >= 4 is 16.0 Å². The number of nitrogens with zero attached hydrogens (tertiary/aromatic N) is 3. The molecule has 0 aliphatic carbocycles. The zero-order valence-corrected chi connectivity index (χ0v) is 11.1. The Hall–Kier alpha value is -1.29. The van der Waals surface area contributed by atoms with Crippen LogP contribution in [0.3, 0.4) is 0 Å². The Kier molecular flexibility index (Phi) is 4.96. The third-order valence-electron chi connectivity index (χ3n) is 2.26. The van der Waals surface area contributed by atoms with Crippen molar-refractivity contribution in [1.29, 1.82) is 0 Å². The normalized spacial score (nSPS) is 12.1. The highest BCUT2D eigenvalue weighted by Gasteiger charge is 2.27. The minimum Gasteiger partial charge on any atom is -0.395 e. The molecule has 9 heteroatoms. The molecular formula is C9H17N5O3S. The fourth-order valence-electron chi connectivity index (χ4n) is 1.41. The number of aliphatic hydroxyl groups excluding tert-OH is 1. The molecule has 1 aromatic rings. The molecule has 102 valence electrons. The first-order chi connectivity index (χ1) is 8.43. The van der Waals surface area contributed by atoms with Crippen LogP contribution >= 0.6 is 0 Å². The van der Waals surface area contributed by atoms with Crippen LogP contribution in [-0.4, -0.2) is 47.0 Å². The highest BCUT2D eigenvalue weighted by molar-refractivity contribution is 7.89. The molecule has 0 saturated heterocycles. The van der Waals surface area contributed by atoms with Crippen LogP contribution in [0.25, 0.3) is 0 Å². The average Bonchev–Trinajstić information content (AvgIpc) is 2.35. The lowest BCUT2D eigenvalue weighted by molar-refractivity contribution is 0.236. The number of anilines is 1. The molecule has 1 heterocycles. The number of hydrogen-bond donors (Lipinski definition) is 3. The second-order valence-corrected chi connectivity index (χ2v) is 5.71. The summed E-state index contributed by atoms with van der Waals surface area (Å²) in [5, 5.41) is 8.91. The lowest BCUT2D eigenvalue weighted by Gasteiger charge is -2.24. The van der Waals surface area contributed by atoms with E-state index >= 15 is 0 Å². The topological polar surface area (TPSA) is 121 Å². The molecule has 0 radical (unpaired) electrons. The molecule has 0 saturated carbocycles. The number of rotatable bonds is 6. The number of nitrogens with one attached hydrogen (secondary N) is 1. The molecule has 1 aromatic heterocycles. The van der Waals surface area contributed by atoms with Gasteiger partial charge in [-0.2, -0.15) is 4.31 Å². The fraction of sp³-hybridized carbons (Fsp3) is 0.556. The summed E-state index contributed by atoms with van der Waals surface area (Å²) in [7, 11) is -3.71. The van der Waals surface area contributed by atoms with Gasteiger partial charge in [0, 0.05) is 12.6 Å². The zero-order valence-electron chi connectivity index (χ0n) is 10.2. The first-order valence-electron chi connectivity index (χ1n) is 5.35. The zero-order chi connectivity index (χ0) is 13.8. The Morgan fingerprint density at radius 2 is 2.00 bits per heavy atom. The van der Waals surface area contributed by atoms with Crippen molar-refractivity contribution < 1.29 is 13.5 Å². The van der Waals surface area contributed by atoms with Crippen LogP contribution in [0.15, 0.2) is 17.3 Å². The van der Waals surface area contributed by atoms with Crippen LogP contribution in [0, 0.1) is 0 Å². The fourth-order valence-corrected chi connectivity index (χ4v) is 2.93. The summed E-state index contributed by atoms with van der Waals surface area (Å²) in [6.07, 6.45) is 2.34. The highest BCUT2D eigenvalue weighted by atomic mass is 32.2. The first kappa shape index (κ1) is 14.8. The van der Waals surface area contributed by atoms with Gasteiger partial charge in [-0.25, -0.2) is 24.2 Å². The maximum Gasteiger partial charge on any atom is 0.246 e. The highest BCUT2D eigenvalue weighted by Crippen LogP contribution is 2.16. The van der Waals surface area contributed by atoms with Gasteiger partial charge in [-0.05, 0) is 13.8 Å². The molecule has 0 fully saturated rings. The maximum atomic E-state index is 12.2. The summed E-state index contributed by atoms with van der Waals surface area (Å²) in [5.74, 6) is 5.23. The second-order valence-electron chi connectivity index (χ2n) is 3.82. The monoisotopic (exact) mass is 275 g/mol. The van der Waals surface area contributed by atoms with Crippen molar-refractivity contribution in [2.24, 2.45) is 5.84 Å². The summed E-state index contributed by atoms with van der Waals surface area (Å²) < 4.78 is 25.7. The third-order valence-corrected chi connectivity index (χ3v) is 4.29. The quantitative estimate of drug-likeness (QED) is 0.457. The number of aromatic nitrogens is 2. The molecule has 0 amide bonds. The first-order valence-corrected chi connectivity index (χ1v) is 6.79. The lowest BCUT2D eigenvalue weighted by Crippen LogP contribution is -2.39. The van der Waals surface area contributed by atoms with Gasteiger partial charge in [-0.3, -0.25) is 5.43 Å². The lowest BCUT2D eigenvalue weighted by atomic mass is 10.4. The SMILES string of the molecule is CC(C)N(CCO)S(=O)(=O)c1cnc(NN)nc1. The van der Waals surface area contributed by atoms with Crippen molar-refractivity contribution in [3.63, 3.8) is 0 Å². The van der Waals surface area contributed by atoms with E-state index in [-0.39, 0.29) is 30.0 Å². The van der Waals surface area contributed by atoms with E-state index in [0.29, 0.717) is 0 Å². The Balaban J connectivity index is 3.09. The molecule has 18 heavy (non-hydrogen) atoms. The molecule has 1 rings (SSSR count). The number of aliphatic hydroxyl groups is 1. The molecule has 8 nitrogen and oxygen atoms in total. The smallest absolute Gasteiger partial charge is 0.246 e. The van der Waals surface area contributed by atoms with Gasteiger partial charge in [0.05, 0.1) is 19.0 Å². The van der Waals surface area contributed by atoms with E-state index in [1.165, 1.54) is 16.7 Å². The molecule has 0 atom stereocenters. The predicted molar refractivity (Wildman–Crippen MR) is 66.0 cm³/mol. The number of nitrogens with two attached hydrogens (primary N) is 1. The molecule has 4 N–H and O–H groups in total. The Labute approximate surface area is 106 Å². The van der Waals surface area contributed by atoms with Crippen molar-refractivity contribution in [3.8, 4) is 0 Å². The van der Waals surface area contributed by atoms with E-state index in [2.05, 4.69) is 15.4 Å². The van der Waals surface area contributed by atoms with Gasteiger partial charge in [0.15, 0.2) is 0 Å². The van der Waals surface area contributed by atoms with E-state index in [9.17, 15) is 8.42 Å². The molecule has 0 aliphatic rings. The minimum atomic E-state index is -3.71. The largest absolute Gasteiger partial charge is 0.395 e. The van der Waals surface area contributed by atoms with Crippen molar-refractivity contribution in [2.45, 2.75) is 24.8 Å². The third kappa shape index (κ3) is 3.13. The van der Waals surface area contributed by atoms with E-state index < -0.39 is 10.0 Å². The summed E-state index contributed by atoms with van der Waals surface area (Å²) in [6, 6.07) is -0.269. The predicted octanol–water partition coefficient (Wildman–Crippen LogP) is -0.846. The van der Waals surface area contributed by atoms with Gasteiger partial charge in [-0.15, -0.1) is 0 Å².